The third kappa shape index (κ3) is 6.19. The van der Waals surface area contributed by atoms with Crippen molar-refractivity contribution in [2.75, 3.05) is 13.7 Å². The molecule has 0 bridgehead atoms. The highest BCUT2D eigenvalue weighted by Gasteiger charge is 2.32. The number of methoxy groups -OCH3 is 1. The molecule has 1 aromatic heterocycles. The lowest BCUT2D eigenvalue weighted by molar-refractivity contribution is -0.147. The maximum atomic E-state index is 13.2. The van der Waals surface area contributed by atoms with E-state index in [1.807, 2.05) is 24.3 Å². The number of carbonyl (C=O) groups excluding carboxylic acids is 2. The van der Waals surface area contributed by atoms with E-state index in [-0.39, 0.29) is 28.9 Å². The van der Waals surface area contributed by atoms with Crippen LogP contribution in [0.5, 0.6) is 5.75 Å². The molecule has 0 spiro atoms. The van der Waals surface area contributed by atoms with Crippen molar-refractivity contribution in [2.24, 2.45) is 11.8 Å². The first-order valence-corrected chi connectivity index (χ1v) is 11.5. The molecule has 1 N–H and O–H groups in total. The number of nitrogens with zero attached hydrogens (tertiary/aromatic N) is 2. The van der Waals surface area contributed by atoms with Gasteiger partial charge in [-0.25, -0.2) is 4.98 Å². The number of ether oxygens (including phenoxy) is 2. The Morgan fingerprint density at radius 1 is 1.16 bits per heavy atom. The van der Waals surface area contributed by atoms with E-state index < -0.39 is 6.04 Å². The molecule has 32 heavy (non-hydrogen) atoms. The average Bonchev–Trinajstić information content (AvgIpc) is 2.83. The molecule has 1 aromatic carbocycles. The second kappa shape index (κ2) is 11.8. The zero-order valence-electron chi connectivity index (χ0n) is 18.6. The van der Waals surface area contributed by atoms with Crippen molar-refractivity contribution in [2.45, 2.75) is 51.5 Å². The standard InChI is InChI=1S/C24H30ClN3O4/c1-3-4-14-32-19-7-5-6-18(15-19)20(21-22(25)27-13-12-26-21)28-23(29)16-8-10-17(11-9-16)24(30)31-2/h5-7,12-13,15-17,20H,3-4,8-11,14H2,1-2H3,(H,28,29). The normalized spacial score (nSPS) is 19.1. The minimum atomic E-state index is -0.559. The highest BCUT2D eigenvalue weighted by molar-refractivity contribution is 6.30. The molecule has 0 saturated heterocycles. The van der Waals surface area contributed by atoms with E-state index in [0.717, 1.165) is 24.2 Å². The van der Waals surface area contributed by atoms with Crippen LogP contribution in [0, 0.1) is 11.8 Å². The van der Waals surface area contributed by atoms with Crippen LogP contribution >= 0.6 is 11.6 Å². The Bertz CT molecular complexity index is 916. The van der Waals surface area contributed by atoms with E-state index in [1.54, 1.807) is 6.20 Å². The van der Waals surface area contributed by atoms with E-state index in [2.05, 4.69) is 22.2 Å². The smallest absolute Gasteiger partial charge is 0.308 e. The molecule has 3 rings (SSSR count). The van der Waals surface area contributed by atoms with Crippen molar-refractivity contribution in [1.82, 2.24) is 15.3 Å². The van der Waals surface area contributed by atoms with Crippen LogP contribution in [0.3, 0.4) is 0 Å². The summed E-state index contributed by atoms with van der Waals surface area (Å²) in [5.41, 5.74) is 1.30. The molecule has 0 aliphatic heterocycles. The lowest BCUT2D eigenvalue weighted by Gasteiger charge is -2.28. The van der Waals surface area contributed by atoms with E-state index in [9.17, 15) is 9.59 Å². The molecule has 1 saturated carbocycles. The fraction of sp³-hybridized carbons (Fsp3) is 0.500. The van der Waals surface area contributed by atoms with E-state index >= 15 is 0 Å². The summed E-state index contributed by atoms with van der Waals surface area (Å²) in [4.78, 5) is 33.5. The number of benzene rings is 1. The van der Waals surface area contributed by atoms with Gasteiger partial charge in [-0.3, -0.25) is 14.6 Å². The number of amides is 1. The van der Waals surface area contributed by atoms with E-state index in [1.165, 1.54) is 13.3 Å². The number of nitrogens with one attached hydrogen (secondary N) is 1. The van der Waals surface area contributed by atoms with Gasteiger partial charge in [0.05, 0.1) is 25.7 Å². The summed E-state index contributed by atoms with van der Waals surface area (Å²) in [5, 5.41) is 3.36. The van der Waals surface area contributed by atoms with E-state index in [4.69, 9.17) is 21.1 Å². The maximum absolute atomic E-state index is 13.2. The molecule has 1 aliphatic carbocycles. The highest BCUT2D eigenvalue weighted by atomic mass is 35.5. The van der Waals surface area contributed by atoms with Crippen LogP contribution < -0.4 is 10.1 Å². The van der Waals surface area contributed by atoms with Gasteiger partial charge in [-0.2, -0.15) is 0 Å². The molecule has 8 heteroatoms. The van der Waals surface area contributed by atoms with Crippen LogP contribution in [0.15, 0.2) is 36.7 Å². The predicted molar refractivity (Wildman–Crippen MR) is 121 cm³/mol. The summed E-state index contributed by atoms with van der Waals surface area (Å²) >= 11 is 6.34. The molecule has 1 fully saturated rings. The number of unbranched alkanes of at least 4 members (excludes halogenated alkanes) is 1. The lowest BCUT2D eigenvalue weighted by Crippen LogP contribution is -2.37. The molecule has 2 aromatic rings. The molecule has 1 amide bonds. The fourth-order valence-electron chi connectivity index (χ4n) is 3.97. The molecule has 1 heterocycles. The van der Waals surface area contributed by atoms with Gasteiger partial charge < -0.3 is 14.8 Å². The Kier molecular flexibility index (Phi) is 8.85. The molecule has 1 atom stereocenters. The SMILES string of the molecule is CCCCOc1cccc(C(NC(=O)C2CCC(C(=O)OC)CC2)c2nccnc2Cl)c1. The van der Waals surface area contributed by atoms with Gasteiger partial charge in [0.2, 0.25) is 5.91 Å². The average molecular weight is 460 g/mol. The maximum Gasteiger partial charge on any atom is 0.308 e. The summed E-state index contributed by atoms with van der Waals surface area (Å²) in [6.07, 6.45) is 7.64. The first-order valence-electron chi connectivity index (χ1n) is 11.1. The Morgan fingerprint density at radius 3 is 2.56 bits per heavy atom. The monoisotopic (exact) mass is 459 g/mol. The molecule has 7 nitrogen and oxygen atoms in total. The fourth-order valence-corrected chi connectivity index (χ4v) is 4.19. The molecule has 1 aliphatic rings. The first-order chi connectivity index (χ1) is 15.5. The second-order valence-corrected chi connectivity index (χ2v) is 8.38. The minimum absolute atomic E-state index is 0.0858. The Morgan fingerprint density at radius 2 is 1.88 bits per heavy atom. The summed E-state index contributed by atoms with van der Waals surface area (Å²) in [7, 11) is 1.40. The third-order valence-electron chi connectivity index (χ3n) is 5.83. The van der Waals surface area contributed by atoms with Crippen LogP contribution in [-0.4, -0.2) is 35.6 Å². The van der Waals surface area contributed by atoms with Gasteiger partial charge in [0.15, 0.2) is 5.15 Å². The van der Waals surface area contributed by atoms with Crippen molar-refractivity contribution in [3.05, 3.63) is 53.1 Å². The number of hydrogen-bond acceptors (Lipinski definition) is 6. The third-order valence-corrected chi connectivity index (χ3v) is 6.12. The number of hydrogen-bond donors (Lipinski definition) is 1. The molecular formula is C24H30ClN3O4. The van der Waals surface area contributed by atoms with Crippen LogP contribution in [-0.2, 0) is 14.3 Å². The number of halogens is 1. The Balaban J connectivity index is 1.78. The minimum Gasteiger partial charge on any atom is -0.494 e. The van der Waals surface area contributed by atoms with Gasteiger partial charge in [-0.05, 0) is 49.8 Å². The van der Waals surface area contributed by atoms with Crippen molar-refractivity contribution in [3.8, 4) is 5.75 Å². The van der Waals surface area contributed by atoms with Gasteiger partial charge >= 0.3 is 5.97 Å². The lowest BCUT2D eigenvalue weighted by atomic mass is 9.81. The molecule has 0 radical (unpaired) electrons. The number of carbonyl (C=O) groups is 2. The first kappa shape index (κ1) is 24.0. The van der Waals surface area contributed by atoms with Gasteiger partial charge in [-0.1, -0.05) is 37.1 Å². The van der Waals surface area contributed by atoms with Crippen LogP contribution in [0.1, 0.15) is 62.7 Å². The Labute approximate surface area is 193 Å². The van der Waals surface area contributed by atoms with Gasteiger partial charge in [0.25, 0.3) is 0 Å². The molecular weight excluding hydrogens is 430 g/mol. The zero-order chi connectivity index (χ0) is 22.9. The van der Waals surface area contributed by atoms with Crippen LogP contribution in [0.4, 0.5) is 0 Å². The summed E-state index contributed by atoms with van der Waals surface area (Å²) in [6, 6.07) is 7.04. The zero-order valence-corrected chi connectivity index (χ0v) is 19.3. The summed E-state index contributed by atoms with van der Waals surface area (Å²) in [5.74, 6) is 0.128. The molecule has 1 unspecified atom stereocenters. The molecule has 172 valence electrons. The van der Waals surface area contributed by atoms with Crippen molar-refractivity contribution in [3.63, 3.8) is 0 Å². The Hall–Kier alpha value is -2.67. The number of aromatic nitrogens is 2. The van der Waals surface area contributed by atoms with Crippen molar-refractivity contribution < 1.29 is 19.1 Å². The number of rotatable bonds is 9. The van der Waals surface area contributed by atoms with Crippen LogP contribution in [0.25, 0.3) is 0 Å². The van der Waals surface area contributed by atoms with Crippen LogP contribution in [0.2, 0.25) is 5.15 Å². The highest BCUT2D eigenvalue weighted by Crippen LogP contribution is 2.32. The van der Waals surface area contributed by atoms with Gasteiger partial charge in [0, 0.05) is 18.3 Å². The van der Waals surface area contributed by atoms with Gasteiger partial charge in [0.1, 0.15) is 11.4 Å². The van der Waals surface area contributed by atoms with Crippen molar-refractivity contribution >= 4 is 23.5 Å². The topological polar surface area (TPSA) is 90.4 Å². The summed E-state index contributed by atoms with van der Waals surface area (Å²) < 4.78 is 10.7. The van der Waals surface area contributed by atoms with Crippen molar-refractivity contribution in [1.29, 1.82) is 0 Å². The largest absolute Gasteiger partial charge is 0.494 e. The number of esters is 1. The predicted octanol–water partition coefficient (Wildman–Crippen LogP) is 4.49. The van der Waals surface area contributed by atoms with Gasteiger partial charge in [-0.15, -0.1) is 0 Å². The quantitative estimate of drug-likeness (QED) is 0.438. The van der Waals surface area contributed by atoms with E-state index in [0.29, 0.717) is 38.0 Å². The second-order valence-electron chi connectivity index (χ2n) is 8.02. The summed E-state index contributed by atoms with van der Waals surface area (Å²) in [6.45, 7) is 2.74.